The lowest BCUT2D eigenvalue weighted by molar-refractivity contribution is 1.19. The molecule has 0 atom stereocenters. The topological polar surface area (TPSA) is 12.9 Å². The van der Waals surface area contributed by atoms with E-state index in [1.54, 1.807) is 12.3 Å². The average molecular weight is 144 g/mol. The number of aromatic nitrogens is 1. The van der Waals surface area contributed by atoms with Gasteiger partial charge in [-0.25, -0.2) is 0 Å². The van der Waals surface area contributed by atoms with Crippen molar-refractivity contribution in [3.8, 4) is 0 Å². The molecule has 0 unspecified atom stereocenters. The Kier molecular flexibility index (Phi) is 2.61. The summed E-state index contributed by atoms with van der Waals surface area (Å²) in [6, 6.07) is 1.86. The zero-order valence-corrected chi connectivity index (χ0v) is 6.38. The van der Waals surface area contributed by atoms with E-state index in [9.17, 15) is 0 Å². The van der Waals surface area contributed by atoms with E-state index in [1.807, 2.05) is 12.1 Å². The summed E-state index contributed by atoms with van der Waals surface area (Å²) in [6.07, 6.45) is 9.03. The molecular weight excluding hydrogens is 134 g/mol. The lowest BCUT2D eigenvalue weighted by atomic mass is 10.1. The molecule has 0 aliphatic rings. The normalized spacial score (nSPS) is 9.09. The van der Waals surface area contributed by atoms with Crippen LogP contribution in [-0.2, 0) is 6.42 Å². The molecule has 11 heavy (non-hydrogen) atoms. The summed E-state index contributed by atoms with van der Waals surface area (Å²) in [5.74, 6) is 0. The summed E-state index contributed by atoms with van der Waals surface area (Å²) in [7, 11) is 0. The van der Waals surface area contributed by atoms with Crippen LogP contribution in [0.3, 0.4) is 0 Å². The van der Waals surface area contributed by atoms with Gasteiger partial charge in [0.25, 0.3) is 0 Å². The molecule has 0 fully saturated rings. The molecule has 0 aromatic carbocycles. The van der Waals surface area contributed by atoms with E-state index in [-0.39, 0.29) is 0 Å². The Balaban J connectivity index is 3.01. The van der Waals surface area contributed by atoms with Crippen LogP contribution >= 0.6 is 0 Å². The van der Waals surface area contributed by atoms with Crippen molar-refractivity contribution in [2.75, 3.05) is 0 Å². The molecule has 0 aliphatic heterocycles. The van der Waals surface area contributed by atoms with Crippen LogP contribution in [-0.4, -0.2) is 4.98 Å². The summed E-state index contributed by atoms with van der Waals surface area (Å²) in [5.41, 5.74) is 2.23. The fourth-order valence-corrected chi connectivity index (χ4v) is 0.904. The number of hydrogen-bond donors (Lipinski definition) is 0. The molecule has 0 saturated heterocycles. The fourth-order valence-electron chi connectivity index (χ4n) is 0.904. The van der Waals surface area contributed by atoms with E-state index >= 15 is 0 Å². The summed E-state index contributed by atoms with van der Waals surface area (Å²) in [4.78, 5) is 3.87. The number of pyridine rings is 1. The number of rotatable bonds is 3. The molecule has 1 heteroatoms. The van der Waals surface area contributed by atoms with Crippen LogP contribution in [0.1, 0.15) is 11.1 Å². The second kappa shape index (κ2) is 3.71. The molecule has 0 amide bonds. The molecule has 0 N–H and O–H groups in total. The highest BCUT2D eigenvalue weighted by Gasteiger charge is 1.94. The summed E-state index contributed by atoms with van der Waals surface area (Å²) < 4.78 is 0. The van der Waals surface area contributed by atoms with E-state index in [2.05, 4.69) is 24.3 Å². The second-order valence-corrected chi connectivity index (χ2v) is 2.21. The van der Waals surface area contributed by atoms with E-state index in [4.69, 9.17) is 0 Å². The monoisotopic (exact) mass is 144 g/mol. The zero-order chi connectivity index (χ0) is 8.10. The van der Waals surface area contributed by atoms with Crippen LogP contribution in [0.5, 0.6) is 0 Å². The van der Waals surface area contributed by atoms with Gasteiger partial charge in [-0.1, -0.05) is 18.7 Å². The minimum atomic E-state index is 0.848. The van der Waals surface area contributed by atoms with Crippen molar-refractivity contribution in [2.45, 2.75) is 6.42 Å². The third-order valence-electron chi connectivity index (χ3n) is 1.47. The summed E-state index contributed by atoms with van der Waals surface area (Å²) in [6.45, 7) is 7.35. The second-order valence-electron chi connectivity index (χ2n) is 2.21. The van der Waals surface area contributed by atoms with E-state index < -0.39 is 0 Å². The van der Waals surface area contributed by atoms with Gasteiger partial charge in [0.15, 0.2) is 0 Å². The van der Waals surface area contributed by atoms with Gasteiger partial charge < -0.3 is 0 Å². The Morgan fingerprint density at radius 1 is 1.55 bits per heavy atom. The molecule has 1 heterocycles. The van der Waals surface area contributed by atoms with Crippen LogP contribution in [0, 0.1) is 6.20 Å². The van der Waals surface area contributed by atoms with Gasteiger partial charge in [-0.15, -0.1) is 6.58 Å². The van der Waals surface area contributed by atoms with Gasteiger partial charge in [0.05, 0.1) is 6.20 Å². The maximum atomic E-state index is 3.87. The smallest absolute Gasteiger partial charge is 0.0889 e. The Morgan fingerprint density at radius 3 is 3.00 bits per heavy atom. The Bertz CT molecular complexity index is 263. The molecular formula is C10H10N. The van der Waals surface area contributed by atoms with Crippen LogP contribution < -0.4 is 0 Å². The van der Waals surface area contributed by atoms with Gasteiger partial charge in [0.1, 0.15) is 0 Å². The summed E-state index contributed by atoms with van der Waals surface area (Å²) in [5, 5.41) is 0. The molecule has 1 rings (SSSR count). The minimum absolute atomic E-state index is 0.848. The van der Waals surface area contributed by atoms with Crippen molar-refractivity contribution in [3.63, 3.8) is 0 Å². The van der Waals surface area contributed by atoms with Crippen LogP contribution in [0.2, 0.25) is 0 Å². The minimum Gasteiger partial charge on any atom is -0.254 e. The number of allylic oxidation sites excluding steroid dienone is 1. The van der Waals surface area contributed by atoms with Gasteiger partial charge in [-0.3, -0.25) is 4.98 Å². The molecule has 0 aliphatic carbocycles. The Morgan fingerprint density at radius 2 is 2.36 bits per heavy atom. The van der Waals surface area contributed by atoms with Crippen LogP contribution in [0.4, 0.5) is 0 Å². The quantitative estimate of drug-likeness (QED) is 0.593. The maximum Gasteiger partial charge on any atom is 0.0889 e. The SMILES string of the molecule is C=CCc1c[c]ncc1C=C. The largest absolute Gasteiger partial charge is 0.254 e. The lowest BCUT2D eigenvalue weighted by Gasteiger charge is -1.99. The van der Waals surface area contributed by atoms with E-state index in [0.717, 1.165) is 12.0 Å². The van der Waals surface area contributed by atoms with Crippen molar-refractivity contribution in [3.05, 3.63) is 48.8 Å². The average Bonchev–Trinajstić information content (AvgIpc) is 2.06. The zero-order valence-electron chi connectivity index (χ0n) is 6.38. The first-order chi connectivity index (χ1) is 5.38. The highest BCUT2D eigenvalue weighted by molar-refractivity contribution is 5.50. The third kappa shape index (κ3) is 1.77. The fraction of sp³-hybridized carbons (Fsp3) is 0.100. The third-order valence-corrected chi connectivity index (χ3v) is 1.47. The molecule has 55 valence electrons. The predicted octanol–water partition coefficient (Wildman–Crippen LogP) is 2.25. The Hall–Kier alpha value is -1.37. The van der Waals surface area contributed by atoms with E-state index in [1.165, 1.54) is 5.56 Å². The van der Waals surface area contributed by atoms with Gasteiger partial charge in [0, 0.05) is 6.20 Å². The van der Waals surface area contributed by atoms with E-state index in [0.29, 0.717) is 0 Å². The van der Waals surface area contributed by atoms with Crippen molar-refractivity contribution in [1.29, 1.82) is 0 Å². The molecule has 0 saturated carbocycles. The number of hydrogen-bond acceptors (Lipinski definition) is 1. The molecule has 1 aromatic heterocycles. The molecule has 1 aromatic rings. The van der Waals surface area contributed by atoms with Crippen LogP contribution in [0.25, 0.3) is 6.08 Å². The first-order valence-corrected chi connectivity index (χ1v) is 3.46. The van der Waals surface area contributed by atoms with Crippen molar-refractivity contribution in [2.24, 2.45) is 0 Å². The van der Waals surface area contributed by atoms with Crippen LogP contribution in [0.15, 0.2) is 31.5 Å². The standard InChI is InChI=1S/C10H10N/c1-3-5-10-6-7-11-8-9(10)4-2/h3-4,6,8H,1-2,5H2. The Labute approximate surface area is 67.1 Å². The molecule has 0 spiro atoms. The van der Waals surface area contributed by atoms with Crippen molar-refractivity contribution < 1.29 is 0 Å². The number of nitrogens with zero attached hydrogens (tertiary/aromatic N) is 1. The van der Waals surface area contributed by atoms with Gasteiger partial charge in [-0.2, -0.15) is 0 Å². The van der Waals surface area contributed by atoms with Crippen molar-refractivity contribution >= 4 is 6.08 Å². The molecule has 0 bridgehead atoms. The van der Waals surface area contributed by atoms with Gasteiger partial charge in [0.2, 0.25) is 0 Å². The molecule has 1 radical (unpaired) electrons. The predicted molar refractivity (Wildman–Crippen MR) is 47.1 cm³/mol. The van der Waals surface area contributed by atoms with Crippen molar-refractivity contribution in [1.82, 2.24) is 4.98 Å². The highest BCUT2D eigenvalue weighted by Crippen LogP contribution is 2.08. The maximum absolute atomic E-state index is 3.87. The molecule has 1 nitrogen and oxygen atoms in total. The lowest BCUT2D eigenvalue weighted by Crippen LogP contribution is -1.87. The summed E-state index contributed by atoms with van der Waals surface area (Å²) >= 11 is 0. The first-order valence-electron chi connectivity index (χ1n) is 3.46. The van der Waals surface area contributed by atoms with Gasteiger partial charge >= 0.3 is 0 Å². The highest BCUT2D eigenvalue weighted by atomic mass is 14.6. The van der Waals surface area contributed by atoms with Gasteiger partial charge in [-0.05, 0) is 23.6 Å². The first kappa shape index (κ1) is 7.73.